The third-order valence-electron chi connectivity index (χ3n) is 4.34. The van der Waals surface area contributed by atoms with E-state index >= 15 is 0 Å². The number of benzene rings is 1. The molecular formula is C21H19N3O6S2. The Labute approximate surface area is 191 Å². The fraction of sp³-hybridized carbons (Fsp3) is 0.286. The predicted molar refractivity (Wildman–Crippen MR) is 118 cm³/mol. The summed E-state index contributed by atoms with van der Waals surface area (Å²) in [5, 5.41) is 11.1. The van der Waals surface area contributed by atoms with Crippen LogP contribution in [-0.4, -0.2) is 28.7 Å². The van der Waals surface area contributed by atoms with E-state index in [0.29, 0.717) is 26.7 Å². The molecule has 0 aliphatic heterocycles. The lowest BCUT2D eigenvalue weighted by Crippen LogP contribution is -2.20. The van der Waals surface area contributed by atoms with Crippen LogP contribution in [0.5, 0.6) is 11.5 Å². The van der Waals surface area contributed by atoms with Crippen molar-refractivity contribution in [2.75, 3.05) is 11.9 Å². The number of anilines is 1. The Hall–Kier alpha value is -3.18. The molecule has 2 heterocycles. The largest absolute Gasteiger partial charge is 0.482 e. The predicted octanol–water partition coefficient (Wildman–Crippen LogP) is 3.42. The third kappa shape index (κ3) is 6.17. The molecule has 1 fully saturated rings. The van der Waals surface area contributed by atoms with Gasteiger partial charge in [-0.2, -0.15) is 0 Å². The van der Waals surface area contributed by atoms with Gasteiger partial charge < -0.3 is 19.2 Å². The minimum atomic E-state index is -0.712. The lowest BCUT2D eigenvalue weighted by atomic mass is 10.2. The zero-order chi connectivity index (χ0) is 22.5. The minimum Gasteiger partial charge on any atom is -0.482 e. The van der Waals surface area contributed by atoms with E-state index in [1.165, 1.54) is 29.2 Å². The SMILES string of the molecule is Cc1cccc(OCC(=O)Oc2coc(CSc3nnc(NC(=O)C4CC4)s3)cc2=O)c1. The normalized spacial score (nSPS) is 12.9. The number of nitrogens with zero attached hydrogens (tertiary/aromatic N) is 2. The van der Waals surface area contributed by atoms with Gasteiger partial charge in [-0.1, -0.05) is 35.2 Å². The van der Waals surface area contributed by atoms with E-state index in [-0.39, 0.29) is 24.2 Å². The van der Waals surface area contributed by atoms with Gasteiger partial charge in [0.2, 0.25) is 22.2 Å². The number of nitrogens with one attached hydrogen (secondary N) is 1. The first kappa shape index (κ1) is 22.0. The standard InChI is InChI=1S/C21H19N3O6S2/c1-12-3-2-4-14(7-12)29-10-18(26)30-17-9-28-15(8-16(17)25)11-31-21-24-23-20(32-21)22-19(27)13-5-6-13/h2-4,7-9,13H,5-6,10-11H2,1H3,(H,22,23,27). The van der Waals surface area contributed by atoms with Crippen molar-refractivity contribution in [2.24, 2.45) is 5.92 Å². The number of esters is 1. The first-order valence-corrected chi connectivity index (χ1v) is 11.6. The summed E-state index contributed by atoms with van der Waals surface area (Å²) < 4.78 is 16.4. The maximum absolute atomic E-state index is 12.2. The van der Waals surface area contributed by atoms with E-state index in [1.54, 1.807) is 12.1 Å². The summed E-state index contributed by atoms with van der Waals surface area (Å²) >= 11 is 2.57. The van der Waals surface area contributed by atoms with Crippen molar-refractivity contribution in [2.45, 2.75) is 29.9 Å². The van der Waals surface area contributed by atoms with Crippen LogP contribution in [0.4, 0.5) is 5.13 Å². The Morgan fingerprint density at radius 3 is 2.88 bits per heavy atom. The monoisotopic (exact) mass is 473 g/mol. The molecule has 166 valence electrons. The van der Waals surface area contributed by atoms with E-state index in [1.807, 2.05) is 19.1 Å². The fourth-order valence-corrected chi connectivity index (χ4v) is 4.24. The lowest BCUT2D eigenvalue weighted by molar-refractivity contribution is -0.136. The number of carbonyl (C=O) groups is 2. The highest BCUT2D eigenvalue weighted by Gasteiger charge is 2.30. The second-order valence-electron chi connectivity index (χ2n) is 7.08. The summed E-state index contributed by atoms with van der Waals surface area (Å²) in [5.41, 5.74) is 0.517. The number of thioether (sulfide) groups is 1. The van der Waals surface area contributed by atoms with Crippen LogP contribution < -0.4 is 20.2 Å². The number of carbonyl (C=O) groups excluding carboxylic acids is 2. The number of aromatic nitrogens is 2. The lowest BCUT2D eigenvalue weighted by Gasteiger charge is -2.07. The molecule has 0 atom stereocenters. The molecule has 0 saturated heterocycles. The van der Waals surface area contributed by atoms with Gasteiger partial charge in [0.25, 0.3) is 0 Å². The average Bonchev–Trinajstić information content (AvgIpc) is 3.53. The quantitative estimate of drug-likeness (QED) is 0.283. The number of ether oxygens (including phenoxy) is 2. The molecule has 1 aliphatic rings. The zero-order valence-corrected chi connectivity index (χ0v) is 18.7. The van der Waals surface area contributed by atoms with Gasteiger partial charge in [-0.3, -0.25) is 9.59 Å². The van der Waals surface area contributed by atoms with E-state index < -0.39 is 11.4 Å². The molecule has 3 aromatic rings. The van der Waals surface area contributed by atoms with Gasteiger partial charge >= 0.3 is 5.97 Å². The van der Waals surface area contributed by atoms with Crippen molar-refractivity contribution >= 4 is 40.1 Å². The maximum Gasteiger partial charge on any atom is 0.349 e. The third-order valence-corrected chi connectivity index (χ3v) is 6.34. The van der Waals surface area contributed by atoms with Crippen molar-refractivity contribution in [1.29, 1.82) is 0 Å². The van der Waals surface area contributed by atoms with Gasteiger partial charge in [0.1, 0.15) is 17.8 Å². The molecule has 1 saturated carbocycles. The summed E-state index contributed by atoms with van der Waals surface area (Å²) in [6.07, 6.45) is 2.93. The van der Waals surface area contributed by atoms with Crippen LogP contribution in [-0.2, 0) is 15.3 Å². The smallest absolute Gasteiger partial charge is 0.349 e. The van der Waals surface area contributed by atoms with Gasteiger partial charge in [0, 0.05) is 12.0 Å². The molecule has 4 rings (SSSR count). The van der Waals surface area contributed by atoms with Crippen LogP contribution in [0.15, 0.2) is 50.1 Å². The van der Waals surface area contributed by atoms with Crippen LogP contribution >= 0.6 is 23.1 Å². The molecule has 0 radical (unpaired) electrons. The van der Waals surface area contributed by atoms with Crippen molar-refractivity contribution in [3.8, 4) is 11.5 Å². The van der Waals surface area contributed by atoms with Gasteiger partial charge in [0.15, 0.2) is 10.9 Å². The Balaban J connectivity index is 1.26. The molecule has 1 N–H and O–H groups in total. The Morgan fingerprint density at radius 1 is 1.28 bits per heavy atom. The van der Waals surface area contributed by atoms with Gasteiger partial charge in [-0.15, -0.1) is 10.2 Å². The van der Waals surface area contributed by atoms with E-state index in [0.717, 1.165) is 24.7 Å². The molecule has 0 unspecified atom stereocenters. The van der Waals surface area contributed by atoms with Crippen LogP contribution in [0.2, 0.25) is 0 Å². The highest BCUT2D eigenvalue weighted by Crippen LogP contribution is 2.32. The molecule has 0 spiro atoms. The molecule has 1 aromatic carbocycles. The summed E-state index contributed by atoms with van der Waals surface area (Å²) in [6, 6.07) is 8.49. The second-order valence-corrected chi connectivity index (χ2v) is 9.28. The van der Waals surface area contributed by atoms with E-state index in [2.05, 4.69) is 15.5 Å². The fourth-order valence-electron chi connectivity index (χ4n) is 2.59. The average molecular weight is 474 g/mol. The first-order valence-electron chi connectivity index (χ1n) is 9.75. The number of hydrogen-bond acceptors (Lipinski definition) is 10. The number of hydrogen-bond donors (Lipinski definition) is 1. The van der Waals surface area contributed by atoms with Gasteiger partial charge in [0.05, 0.1) is 5.75 Å². The van der Waals surface area contributed by atoms with Crippen LogP contribution in [0, 0.1) is 12.8 Å². The summed E-state index contributed by atoms with van der Waals surface area (Å²) in [5.74, 6) is 0.380. The second kappa shape index (κ2) is 9.96. The molecule has 9 nitrogen and oxygen atoms in total. The Kier molecular flexibility index (Phi) is 6.86. The van der Waals surface area contributed by atoms with E-state index in [9.17, 15) is 14.4 Å². The molecule has 32 heavy (non-hydrogen) atoms. The maximum atomic E-state index is 12.2. The topological polar surface area (TPSA) is 121 Å². The number of amides is 1. The molecule has 1 aliphatic carbocycles. The molecular weight excluding hydrogens is 454 g/mol. The molecule has 11 heteroatoms. The van der Waals surface area contributed by atoms with Crippen molar-refractivity contribution in [3.05, 3.63) is 58.1 Å². The van der Waals surface area contributed by atoms with Crippen LogP contribution in [0.1, 0.15) is 24.2 Å². The highest BCUT2D eigenvalue weighted by molar-refractivity contribution is 8.00. The van der Waals surface area contributed by atoms with Gasteiger partial charge in [-0.25, -0.2) is 4.79 Å². The molecule has 2 aromatic heterocycles. The Morgan fingerprint density at radius 2 is 2.12 bits per heavy atom. The number of aryl methyl sites for hydroxylation is 1. The van der Waals surface area contributed by atoms with Crippen molar-refractivity contribution in [3.63, 3.8) is 0 Å². The van der Waals surface area contributed by atoms with Gasteiger partial charge in [-0.05, 0) is 37.5 Å². The Bertz CT molecular complexity index is 1190. The summed E-state index contributed by atoms with van der Waals surface area (Å²) in [6.45, 7) is 1.57. The number of rotatable bonds is 9. The zero-order valence-electron chi connectivity index (χ0n) is 17.0. The van der Waals surface area contributed by atoms with Crippen LogP contribution in [0.3, 0.4) is 0 Å². The minimum absolute atomic E-state index is 0.0295. The summed E-state index contributed by atoms with van der Waals surface area (Å²) in [7, 11) is 0. The first-order chi connectivity index (χ1) is 15.5. The van der Waals surface area contributed by atoms with Crippen molar-refractivity contribution in [1.82, 2.24) is 10.2 Å². The molecule has 0 bridgehead atoms. The molecule has 1 amide bonds. The summed E-state index contributed by atoms with van der Waals surface area (Å²) in [4.78, 5) is 36.0. The highest BCUT2D eigenvalue weighted by atomic mass is 32.2. The van der Waals surface area contributed by atoms with E-state index in [4.69, 9.17) is 13.9 Å². The van der Waals surface area contributed by atoms with Crippen LogP contribution in [0.25, 0.3) is 0 Å². The van der Waals surface area contributed by atoms with Crippen molar-refractivity contribution < 1.29 is 23.5 Å².